The van der Waals surface area contributed by atoms with Crippen LogP contribution in [0.2, 0.25) is 10.0 Å². The number of hydrogen-bond acceptors (Lipinski definition) is 7. The molecule has 2 aromatic carbocycles. The molecule has 0 radical (unpaired) electrons. The molecule has 1 aliphatic rings. The number of anilines is 4. The van der Waals surface area contributed by atoms with Crippen molar-refractivity contribution in [3.05, 3.63) is 63.8 Å². The topological polar surface area (TPSA) is 105 Å². The summed E-state index contributed by atoms with van der Waals surface area (Å²) in [6, 6.07) is 11.0. The number of rotatable bonds is 9. The van der Waals surface area contributed by atoms with Gasteiger partial charge in [0.15, 0.2) is 5.82 Å². The van der Waals surface area contributed by atoms with E-state index in [-0.39, 0.29) is 11.8 Å². The molecule has 3 aromatic rings. The third kappa shape index (κ3) is 5.86. The standard InChI is InChI=1S/C22H23Cl2N5O3S/c1-13-9-16(10-18(23)20(13)32-2)28-22-25-12-19(24)21(29-22)27-15-5-3-14(4-6-15)11-26-33(30,31)17-7-8-17/h3-6,9-10,12,17,26H,7-8,11H2,1-2H3,(H2,25,27,28,29). The van der Waals surface area contributed by atoms with E-state index >= 15 is 0 Å². The maximum absolute atomic E-state index is 12.0. The Bertz CT molecular complexity index is 1240. The molecule has 4 rings (SSSR count). The Kier molecular flexibility index (Phi) is 6.94. The highest BCUT2D eigenvalue weighted by Crippen LogP contribution is 2.33. The van der Waals surface area contributed by atoms with Crippen LogP contribution in [0.5, 0.6) is 5.75 Å². The van der Waals surface area contributed by atoms with Gasteiger partial charge in [-0.2, -0.15) is 4.98 Å². The molecular weight excluding hydrogens is 485 g/mol. The predicted octanol–water partition coefficient (Wildman–Crippen LogP) is 5.17. The minimum Gasteiger partial charge on any atom is -0.495 e. The summed E-state index contributed by atoms with van der Waals surface area (Å²) in [6.07, 6.45) is 2.97. The normalized spacial score (nSPS) is 13.6. The average Bonchev–Trinajstić information content (AvgIpc) is 3.62. The van der Waals surface area contributed by atoms with E-state index in [1.54, 1.807) is 13.2 Å². The van der Waals surface area contributed by atoms with Gasteiger partial charge in [-0.3, -0.25) is 0 Å². The van der Waals surface area contributed by atoms with Gasteiger partial charge in [0.1, 0.15) is 10.8 Å². The number of nitrogens with one attached hydrogen (secondary N) is 3. The molecule has 8 nitrogen and oxygen atoms in total. The van der Waals surface area contributed by atoms with Gasteiger partial charge in [-0.15, -0.1) is 0 Å². The number of sulfonamides is 1. The Morgan fingerprint density at radius 3 is 2.42 bits per heavy atom. The highest BCUT2D eigenvalue weighted by atomic mass is 35.5. The molecule has 1 saturated carbocycles. The van der Waals surface area contributed by atoms with Gasteiger partial charge in [-0.25, -0.2) is 18.1 Å². The third-order valence-corrected chi connectivity index (χ3v) is 7.54. The van der Waals surface area contributed by atoms with Crippen molar-refractivity contribution in [2.24, 2.45) is 0 Å². The van der Waals surface area contributed by atoms with E-state index in [0.29, 0.717) is 33.2 Å². The van der Waals surface area contributed by atoms with Crippen molar-refractivity contribution in [3.63, 3.8) is 0 Å². The van der Waals surface area contributed by atoms with Gasteiger partial charge in [0, 0.05) is 17.9 Å². The second-order valence-corrected chi connectivity index (χ2v) is 10.6. The summed E-state index contributed by atoms with van der Waals surface area (Å²) in [4.78, 5) is 8.68. The van der Waals surface area contributed by atoms with Crippen molar-refractivity contribution in [1.29, 1.82) is 0 Å². The Morgan fingerprint density at radius 2 is 1.79 bits per heavy atom. The lowest BCUT2D eigenvalue weighted by molar-refractivity contribution is 0.412. The highest BCUT2D eigenvalue weighted by Gasteiger charge is 2.35. The minimum absolute atomic E-state index is 0.237. The number of methoxy groups -OCH3 is 1. The quantitative estimate of drug-likeness (QED) is 0.366. The molecule has 0 spiro atoms. The van der Waals surface area contributed by atoms with E-state index < -0.39 is 10.0 Å². The lowest BCUT2D eigenvalue weighted by atomic mass is 10.2. The largest absolute Gasteiger partial charge is 0.495 e. The lowest BCUT2D eigenvalue weighted by Gasteiger charge is -2.13. The zero-order chi connectivity index (χ0) is 23.6. The number of benzene rings is 2. The zero-order valence-corrected chi connectivity index (χ0v) is 20.4. The van der Waals surface area contributed by atoms with Crippen LogP contribution in [0.3, 0.4) is 0 Å². The van der Waals surface area contributed by atoms with E-state index in [0.717, 1.165) is 29.7 Å². The summed E-state index contributed by atoms with van der Waals surface area (Å²) in [5.74, 6) is 1.38. The molecule has 0 saturated heterocycles. The van der Waals surface area contributed by atoms with Crippen LogP contribution in [0.15, 0.2) is 42.6 Å². The summed E-state index contributed by atoms with van der Waals surface area (Å²) >= 11 is 12.5. The van der Waals surface area contributed by atoms with Gasteiger partial charge in [-0.1, -0.05) is 35.3 Å². The molecule has 0 amide bonds. The van der Waals surface area contributed by atoms with Crippen molar-refractivity contribution >= 4 is 56.4 Å². The first-order valence-corrected chi connectivity index (χ1v) is 12.5. The third-order valence-electron chi connectivity index (χ3n) is 5.09. The van der Waals surface area contributed by atoms with Crippen LogP contribution in [0.4, 0.5) is 23.1 Å². The first kappa shape index (κ1) is 23.6. The molecule has 1 aliphatic carbocycles. The lowest BCUT2D eigenvalue weighted by Crippen LogP contribution is -2.26. The van der Waals surface area contributed by atoms with E-state index in [4.69, 9.17) is 27.9 Å². The Balaban J connectivity index is 1.44. The molecule has 3 N–H and O–H groups in total. The molecular formula is C22H23Cl2N5O3S. The van der Waals surface area contributed by atoms with Gasteiger partial charge < -0.3 is 15.4 Å². The number of nitrogens with zero attached hydrogens (tertiary/aromatic N) is 2. The molecule has 1 aromatic heterocycles. The van der Waals surface area contributed by atoms with Gasteiger partial charge in [-0.05, 0) is 55.2 Å². The summed E-state index contributed by atoms with van der Waals surface area (Å²) < 4.78 is 31.9. The van der Waals surface area contributed by atoms with E-state index in [2.05, 4.69) is 25.3 Å². The molecule has 33 heavy (non-hydrogen) atoms. The number of ether oxygens (including phenoxy) is 1. The summed E-state index contributed by atoms with van der Waals surface area (Å²) in [5, 5.41) is 6.87. The molecule has 0 bridgehead atoms. The predicted molar refractivity (Wildman–Crippen MR) is 132 cm³/mol. The SMILES string of the molecule is COc1c(C)cc(Nc2ncc(Cl)c(Nc3ccc(CNS(=O)(=O)C4CC4)cc3)n2)cc1Cl. The van der Waals surface area contributed by atoms with Gasteiger partial charge in [0.25, 0.3) is 0 Å². The van der Waals surface area contributed by atoms with Crippen LogP contribution < -0.4 is 20.1 Å². The second kappa shape index (κ2) is 9.72. The van der Waals surface area contributed by atoms with Gasteiger partial charge in [0.2, 0.25) is 16.0 Å². The van der Waals surface area contributed by atoms with Crippen LogP contribution in [0.1, 0.15) is 24.0 Å². The van der Waals surface area contributed by atoms with Crippen molar-refractivity contribution in [2.75, 3.05) is 17.7 Å². The van der Waals surface area contributed by atoms with Crippen LogP contribution in [0.25, 0.3) is 0 Å². The van der Waals surface area contributed by atoms with Crippen LogP contribution in [-0.4, -0.2) is 30.7 Å². The fourth-order valence-electron chi connectivity index (χ4n) is 3.23. The van der Waals surface area contributed by atoms with Crippen molar-refractivity contribution < 1.29 is 13.2 Å². The first-order valence-electron chi connectivity index (χ1n) is 10.2. The number of halogens is 2. The summed E-state index contributed by atoms with van der Waals surface area (Å²) in [7, 11) is -1.64. The molecule has 0 unspecified atom stereocenters. The van der Waals surface area contributed by atoms with E-state index in [1.807, 2.05) is 37.3 Å². The fraction of sp³-hybridized carbons (Fsp3) is 0.273. The Labute approximate surface area is 202 Å². The Morgan fingerprint density at radius 1 is 1.06 bits per heavy atom. The van der Waals surface area contributed by atoms with E-state index in [1.165, 1.54) is 6.20 Å². The molecule has 11 heteroatoms. The number of aromatic nitrogens is 2. The monoisotopic (exact) mass is 507 g/mol. The number of aryl methyl sites for hydroxylation is 1. The molecule has 1 fully saturated rings. The molecule has 174 valence electrons. The molecule has 1 heterocycles. The van der Waals surface area contributed by atoms with Gasteiger partial charge in [0.05, 0.1) is 23.6 Å². The highest BCUT2D eigenvalue weighted by molar-refractivity contribution is 7.90. The maximum atomic E-state index is 12.0. The van der Waals surface area contributed by atoms with E-state index in [9.17, 15) is 8.42 Å². The van der Waals surface area contributed by atoms with Crippen LogP contribution in [-0.2, 0) is 16.6 Å². The summed E-state index contributed by atoms with van der Waals surface area (Å²) in [5.41, 5.74) is 3.19. The van der Waals surface area contributed by atoms with Gasteiger partial charge >= 0.3 is 0 Å². The van der Waals surface area contributed by atoms with Crippen molar-refractivity contribution in [3.8, 4) is 5.75 Å². The minimum atomic E-state index is -3.21. The molecule has 0 aliphatic heterocycles. The van der Waals surface area contributed by atoms with Crippen LogP contribution >= 0.6 is 23.2 Å². The van der Waals surface area contributed by atoms with Crippen molar-refractivity contribution in [2.45, 2.75) is 31.6 Å². The fourth-order valence-corrected chi connectivity index (χ4v) is 5.07. The van der Waals surface area contributed by atoms with Crippen molar-refractivity contribution in [1.82, 2.24) is 14.7 Å². The Hall–Kier alpha value is -2.59. The molecule has 0 atom stereocenters. The first-order chi connectivity index (χ1) is 15.7. The average molecular weight is 508 g/mol. The maximum Gasteiger partial charge on any atom is 0.229 e. The smallest absolute Gasteiger partial charge is 0.229 e. The van der Waals surface area contributed by atoms with Crippen LogP contribution in [0, 0.1) is 6.92 Å². The number of hydrogen-bond donors (Lipinski definition) is 3. The zero-order valence-electron chi connectivity index (χ0n) is 18.0. The summed E-state index contributed by atoms with van der Waals surface area (Å²) in [6.45, 7) is 2.15. The second-order valence-electron chi connectivity index (χ2n) is 7.71.